The quantitative estimate of drug-likeness (QED) is 0.183. The Labute approximate surface area is 225 Å². The fraction of sp³-hybridized carbons (Fsp3) is 0.261. The van der Waals surface area contributed by atoms with Gasteiger partial charge in [0, 0.05) is 18.2 Å². The SMILES string of the molecule is Cn1ncnc1[C@H]1c2n[nH]c(=O)c3cc(F)cc(c23)N(CNC(=O)OCCSSP)[C@@H]1c1ccc(F)cc1. The number of hydrogen-bond donors (Lipinski definition) is 2. The zero-order chi connectivity index (χ0) is 26.8. The van der Waals surface area contributed by atoms with Crippen LogP contribution in [0.4, 0.5) is 19.3 Å². The van der Waals surface area contributed by atoms with Gasteiger partial charge in [-0.05, 0) is 29.8 Å². The van der Waals surface area contributed by atoms with E-state index in [2.05, 4.69) is 34.0 Å². The van der Waals surface area contributed by atoms with Gasteiger partial charge in [0.2, 0.25) is 0 Å². The Morgan fingerprint density at radius 2 is 2.03 bits per heavy atom. The predicted octanol–water partition coefficient (Wildman–Crippen LogP) is 3.88. The van der Waals surface area contributed by atoms with Gasteiger partial charge in [0.15, 0.2) is 0 Å². The van der Waals surface area contributed by atoms with Crippen LogP contribution >= 0.6 is 29.6 Å². The summed E-state index contributed by atoms with van der Waals surface area (Å²) in [5.41, 5.74) is 0.889. The van der Waals surface area contributed by atoms with Gasteiger partial charge >= 0.3 is 6.09 Å². The minimum atomic E-state index is -0.658. The Hall–Kier alpha value is -3.22. The van der Waals surface area contributed by atoms with Crippen LogP contribution in [0, 0.1) is 11.6 Å². The zero-order valence-corrected chi connectivity index (χ0v) is 22.7. The van der Waals surface area contributed by atoms with Crippen molar-refractivity contribution in [2.75, 3.05) is 23.9 Å². The average Bonchev–Trinajstić information content (AvgIpc) is 3.33. The maximum atomic E-state index is 14.9. The number of alkyl carbamates (subject to hydrolysis) is 1. The predicted molar refractivity (Wildman–Crippen MR) is 146 cm³/mol. The number of carbonyl (C=O) groups is 1. The van der Waals surface area contributed by atoms with Gasteiger partial charge in [-0.3, -0.25) is 9.48 Å². The van der Waals surface area contributed by atoms with E-state index in [1.54, 1.807) is 28.8 Å². The van der Waals surface area contributed by atoms with E-state index in [1.165, 1.54) is 45.7 Å². The molecule has 0 spiro atoms. The van der Waals surface area contributed by atoms with Gasteiger partial charge in [-0.25, -0.2) is 23.7 Å². The number of aromatic amines is 1. The highest BCUT2D eigenvalue weighted by Gasteiger charge is 2.42. The molecule has 38 heavy (non-hydrogen) atoms. The van der Waals surface area contributed by atoms with Crippen LogP contribution in [0.15, 0.2) is 47.5 Å². The minimum Gasteiger partial charge on any atom is -0.449 e. The molecule has 0 bridgehead atoms. The van der Waals surface area contributed by atoms with E-state index < -0.39 is 35.2 Å². The molecule has 3 atom stereocenters. The van der Waals surface area contributed by atoms with Crippen LogP contribution in [0.5, 0.6) is 0 Å². The molecule has 4 aromatic rings. The van der Waals surface area contributed by atoms with Gasteiger partial charge in [-0.2, -0.15) is 10.2 Å². The molecule has 0 aliphatic carbocycles. The molecule has 5 rings (SSSR count). The highest BCUT2D eigenvalue weighted by Crippen LogP contribution is 2.49. The van der Waals surface area contributed by atoms with E-state index in [0.717, 1.165) is 6.07 Å². The van der Waals surface area contributed by atoms with Crippen molar-refractivity contribution in [2.24, 2.45) is 7.05 Å². The number of hydrogen-bond acceptors (Lipinski definition) is 9. The maximum Gasteiger partial charge on any atom is 0.408 e. The Morgan fingerprint density at radius 3 is 2.74 bits per heavy atom. The molecule has 0 saturated heterocycles. The lowest BCUT2D eigenvalue weighted by atomic mass is 9.82. The molecule has 3 heterocycles. The summed E-state index contributed by atoms with van der Waals surface area (Å²) in [4.78, 5) is 31.4. The highest BCUT2D eigenvalue weighted by molar-refractivity contribution is 8.94. The van der Waals surface area contributed by atoms with Crippen LogP contribution < -0.4 is 15.8 Å². The van der Waals surface area contributed by atoms with Crippen LogP contribution in [-0.2, 0) is 11.8 Å². The fourth-order valence-corrected chi connectivity index (χ4v) is 6.29. The van der Waals surface area contributed by atoms with Gasteiger partial charge in [-0.15, -0.1) is 0 Å². The summed E-state index contributed by atoms with van der Waals surface area (Å²) in [6, 6.07) is 7.66. The van der Waals surface area contributed by atoms with Crippen molar-refractivity contribution in [3.8, 4) is 0 Å². The molecule has 2 N–H and O–H groups in total. The maximum absolute atomic E-state index is 14.9. The number of benzene rings is 2. The standard InChI is InChI=1S/C23H22F2N7O3PS2/c1-31-21(26-10-28-31)18-19-17-15(22(33)30-29-19)8-14(25)9-16(17)32(11-27-23(34)35-6-7-37-38-36)20(18)12-2-4-13(24)5-3-12/h2-5,8-10,18,20H,6-7,11,36H2,1H3,(H,27,34)(H,30,33)/t18-,20+/m0/s1. The molecule has 0 radical (unpaired) electrons. The lowest BCUT2D eigenvalue weighted by Crippen LogP contribution is -2.45. The van der Waals surface area contributed by atoms with E-state index in [1.807, 2.05) is 0 Å². The van der Waals surface area contributed by atoms with Crippen LogP contribution in [0.2, 0.25) is 0 Å². The van der Waals surface area contributed by atoms with Crippen molar-refractivity contribution in [3.63, 3.8) is 0 Å². The van der Waals surface area contributed by atoms with Crippen LogP contribution in [0.1, 0.15) is 29.0 Å². The minimum absolute atomic E-state index is 0.106. The van der Waals surface area contributed by atoms with Crippen LogP contribution in [-0.4, -0.2) is 50.1 Å². The van der Waals surface area contributed by atoms with Gasteiger partial charge in [0.25, 0.3) is 5.56 Å². The number of rotatable bonds is 8. The molecule has 10 nitrogen and oxygen atoms in total. The van der Waals surface area contributed by atoms with E-state index in [0.29, 0.717) is 33.9 Å². The first kappa shape index (κ1) is 26.4. The summed E-state index contributed by atoms with van der Waals surface area (Å²) in [5.74, 6) is -0.576. The Bertz CT molecular complexity index is 1540. The third-order valence-electron chi connectivity index (χ3n) is 6.21. The highest BCUT2D eigenvalue weighted by atomic mass is 33.3. The van der Waals surface area contributed by atoms with Crippen molar-refractivity contribution >= 4 is 52.2 Å². The van der Waals surface area contributed by atoms with Gasteiger partial charge in [-0.1, -0.05) is 41.8 Å². The Morgan fingerprint density at radius 1 is 1.24 bits per heavy atom. The summed E-state index contributed by atoms with van der Waals surface area (Å²) in [6.45, 7) is 0.0960. The van der Waals surface area contributed by atoms with Crippen molar-refractivity contribution in [2.45, 2.75) is 12.0 Å². The number of ether oxygens (including phenoxy) is 1. The topological polar surface area (TPSA) is 118 Å². The molecule has 1 unspecified atom stereocenters. The lowest BCUT2D eigenvalue weighted by Gasteiger charge is -2.42. The molecule has 1 amide bonds. The number of aromatic nitrogens is 5. The molecular formula is C23H22F2N7O3PS2. The number of carbonyl (C=O) groups excluding carboxylic acids is 1. The molecule has 0 fully saturated rings. The third-order valence-corrected chi connectivity index (χ3v) is 8.82. The summed E-state index contributed by atoms with van der Waals surface area (Å²) in [7, 11) is 7.23. The van der Waals surface area contributed by atoms with E-state index in [9.17, 15) is 18.4 Å². The zero-order valence-electron chi connectivity index (χ0n) is 19.9. The first-order valence-electron chi connectivity index (χ1n) is 11.4. The summed E-state index contributed by atoms with van der Waals surface area (Å²) in [6.07, 6.45) is 0.737. The summed E-state index contributed by atoms with van der Waals surface area (Å²) >= 11 is 0. The Balaban J connectivity index is 1.66. The van der Waals surface area contributed by atoms with Crippen molar-refractivity contribution in [1.29, 1.82) is 0 Å². The van der Waals surface area contributed by atoms with Crippen LogP contribution in [0.3, 0.4) is 0 Å². The number of H-pyrrole nitrogens is 1. The fourth-order valence-electron chi connectivity index (χ4n) is 4.68. The average molecular weight is 578 g/mol. The number of halogens is 2. The number of nitrogens with one attached hydrogen (secondary N) is 2. The van der Waals surface area contributed by atoms with E-state index >= 15 is 0 Å². The lowest BCUT2D eigenvalue weighted by molar-refractivity contribution is 0.153. The molecule has 1 aliphatic heterocycles. The largest absolute Gasteiger partial charge is 0.449 e. The molecular weight excluding hydrogens is 555 g/mol. The number of nitrogens with zero attached hydrogens (tertiary/aromatic N) is 5. The second-order valence-electron chi connectivity index (χ2n) is 8.36. The molecule has 15 heteroatoms. The van der Waals surface area contributed by atoms with E-state index in [-0.39, 0.29) is 18.7 Å². The van der Waals surface area contributed by atoms with Crippen molar-refractivity contribution in [3.05, 3.63) is 81.8 Å². The van der Waals surface area contributed by atoms with E-state index in [4.69, 9.17) is 4.74 Å². The summed E-state index contributed by atoms with van der Waals surface area (Å²) in [5, 5.41) is 14.3. The molecule has 1 aliphatic rings. The molecule has 0 saturated carbocycles. The number of anilines is 1. The second kappa shape index (κ2) is 11.3. The first-order chi connectivity index (χ1) is 18.4. The van der Waals surface area contributed by atoms with Crippen molar-refractivity contribution in [1.82, 2.24) is 30.3 Å². The first-order valence-corrected chi connectivity index (χ1v) is 15.2. The normalized spacial score (nSPS) is 16.6. The number of aryl methyl sites for hydroxylation is 1. The second-order valence-corrected chi connectivity index (χ2v) is 12.2. The van der Waals surface area contributed by atoms with Gasteiger partial charge < -0.3 is 15.0 Å². The molecule has 2 aromatic carbocycles. The van der Waals surface area contributed by atoms with Gasteiger partial charge in [0.05, 0.1) is 35.4 Å². The molecule has 2 aromatic heterocycles. The Kier molecular flexibility index (Phi) is 7.82. The number of amides is 1. The summed E-state index contributed by atoms with van der Waals surface area (Å²) < 4.78 is 35.6. The van der Waals surface area contributed by atoms with Gasteiger partial charge in [0.1, 0.15) is 30.4 Å². The molecule has 198 valence electrons. The monoisotopic (exact) mass is 577 g/mol. The third kappa shape index (κ3) is 5.07. The smallest absolute Gasteiger partial charge is 0.408 e. The van der Waals surface area contributed by atoms with Crippen LogP contribution in [0.25, 0.3) is 10.8 Å². The van der Waals surface area contributed by atoms with Crippen molar-refractivity contribution < 1.29 is 18.3 Å².